The molecule has 0 radical (unpaired) electrons. The van der Waals surface area contributed by atoms with Crippen molar-refractivity contribution in [3.8, 4) is 0 Å². The van der Waals surface area contributed by atoms with Crippen molar-refractivity contribution < 1.29 is 13.7 Å². The summed E-state index contributed by atoms with van der Waals surface area (Å²) >= 11 is 0. The summed E-state index contributed by atoms with van der Waals surface area (Å²) in [7, 11) is 0. The van der Waals surface area contributed by atoms with Crippen LogP contribution in [0.4, 0.5) is 10.1 Å². The molecule has 5 nitrogen and oxygen atoms in total. The van der Waals surface area contributed by atoms with E-state index in [9.17, 15) is 9.18 Å². The van der Waals surface area contributed by atoms with Crippen molar-refractivity contribution in [2.75, 3.05) is 18.0 Å². The first-order chi connectivity index (χ1) is 11.9. The molecular weight excluding hydrogens is 321 g/mol. The number of hydrogen-bond donors (Lipinski definition) is 1. The topological polar surface area (TPSA) is 58.4 Å². The maximum absolute atomic E-state index is 13.3. The van der Waals surface area contributed by atoms with Gasteiger partial charge in [0.05, 0.1) is 12.1 Å². The van der Waals surface area contributed by atoms with Crippen LogP contribution in [0.15, 0.2) is 22.7 Å². The molecule has 0 saturated carbocycles. The van der Waals surface area contributed by atoms with Crippen LogP contribution in [-0.4, -0.2) is 30.2 Å². The van der Waals surface area contributed by atoms with E-state index in [0.29, 0.717) is 5.76 Å². The highest BCUT2D eigenvalue weighted by Gasteiger charge is 2.23. The molecule has 134 valence electrons. The number of halogens is 1. The van der Waals surface area contributed by atoms with E-state index < -0.39 is 0 Å². The minimum absolute atomic E-state index is 0.0166. The molecule has 0 aliphatic carbocycles. The average molecular weight is 345 g/mol. The molecule has 1 saturated heterocycles. The van der Waals surface area contributed by atoms with E-state index in [-0.39, 0.29) is 24.2 Å². The lowest BCUT2D eigenvalue weighted by molar-refractivity contribution is -0.121. The Hall–Kier alpha value is -2.37. The third-order valence-electron chi connectivity index (χ3n) is 4.80. The quantitative estimate of drug-likeness (QED) is 0.925. The molecule has 1 amide bonds. The van der Waals surface area contributed by atoms with Crippen molar-refractivity contribution in [3.05, 3.63) is 46.6 Å². The Kier molecular flexibility index (Phi) is 5.06. The standard InChI is InChI=1S/C19H24FN3O2/c1-12-9-15(20)6-7-18(12)23-8-4-5-16(11-23)21-19(24)10-17-13(2)22-25-14(17)3/h6-7,9,16H,4-5,8,10-11H2,1-3H3,(H,21,24)/t16-/m1/s1. The minimum atomic E-state index is -0.220. The van der Waals surface area contributed by atoms with Gasteiger partial charge in [-0.3, -0.25) is 4.79 Å². The number of piperidine rings is 1. The summed E-state index contributed by atoms with van der Waals surface area (Å²) in [6, 6.07) is 4.95. The zero-order valence-corrected chi connectivity index (χ0v) is 14.9. The number of rotatable bonds is 4. The van der Waals surface area contributed by atoms with Gasteiger partial charge in [-0.1, -0.05) is 5.16 Å². The molecule has 6 heteroatoms. The molecular formula is C19H24FN3O2. The summed E-state index contributed by atoms with van der Waals surface area (Å²) in [5, 5.41) is 7.01. The number of carbonyl (C=O) groups excluding carboxylic acids is 1. The van der Waals surface area contributed by atoms with Crippen molar-refractivity contribution in [2.24, 2.45) is 0 Å². The fourth-order valence-electron chi connectivity index (χ4n) is 3.48. The van der Waals surface area contributed by atoms with Gasteiger partial charge in [0.2, 0.25) is 5.91 Å². The highest BCUT2D eigenvalue weighted by molar-refractivity contribution is 5.79. The number of anilines is 1. The minimum Gasteiger partial charge on any atom is -0.369 e. The van der Waals surface area contributed by atoms with E-state index in [2.05, 4.69) is 15.4 Å². The largest absolute Gasteiger partial charge is 0.369 e. The molecule has 2 aromatic rings. The Morgan fingerprint density at radius 2 is 2.20 bits per heavy atom. The second-order valence-corrected chi connectivity index (χ2v) is 6.76. The van der Waals surface area contributed by atoms with Gasteiger partial charge >= 0.3 is 0 Å². The third kappa shape index (κ3) is 4.00. The number of carbonyl (C=O) groups is 1. The summed E-state index contributed by atoms with van der Waals surface area (Å²) in [4.78, 5) is 14.6. The molecule has 3 rings (SSSR count). The van der Waals surface area contributed by atoms with Crippen LogP contribution in [-0.2, 0) is 11.2 Å². The number of benzene rings is 1. The Balaban J connectivity index is 1.62. The predicted molar refractivity (Wildman–Crippen MR) is 94.2 cm³/mol. The maximum atomic E-state index is 13.3. The molecule has 1 aliphatic heterocycles. The number of amides is 1. The Labute approximate surface area is 147 Å². The van der Waals surface area contributed by atoms with E-state index in [1.165, 1.54) is 6.07 Å². The van der Waals surface area contributed by atoms with Crippen molar-refractivity contribution in [1.29, 1.82) is 0 Å². The predicted octanol–water partition coefficient (Wildman–Crippen LogP) is 3.07. The smallest absolute Gasteiger partial charge is 0.224 e. The van der Waals surface area contributed by atoms with Gasteiger partial charge in [-0.05, 0) is 57.4 Å². The number of aromatic nitrogens is 1. The molecule has 1 N–H and O–H groups in total. The first kappa shape index (κ1) is 17.5. The molecule has 1 aromatic carbocycles. The Morgan fingerprint density at radius 1 is 1.40 bits per heavy atom. The molecule has 1 aliphatic rings. The zero-order chi connectivity index (χ0) is 18.0. The first-order valence-corrected chi connectivity index (χ1v) is 8.66. The summed E-state index contributed by atoms with van der Waals surface area (Å²) in [6.07, 6.45) is 2.23. The average Bonchev–Trinajstić information content (AvgIpc) is 2.87. The summed E-state index contributed by atoms with van der Waals surface area (Å²) in [6.45, 7) is 7.24. The molecule has 25 heavy (non-hydrogen) atoms. The normalized spacial score (nSPS) is 17.6. The van der Waals surface area contributed by atoms with Crippen molar-refractivity contribution >= 4 is 11.6 Å². The lowest BCUT2D eigenvalue weighted by atomic mass is 10.0. The van der Waals surface area contributed by atoms with Crippen LogP contribution >= 0.6 is 0 Å². The van der Waals surface area contributed by atoms with Gasteiger partial charge < -0.3 is 14.7 Å². The first-order valence-electron chi connectivity index (χ1n) is 8.66. The van der Waals surface area contributed by atoms with Crippen molar-refractivity contribution in [1.82, 2.24) is 10.5 Å². The molecule has 0 bridgehead atoms. The highest BCUT2D eigenvalue weighted by Crippen LogP contribution is 2.24. The number of nitrogens with zero attached hydrogens (tertiary/aromatic N) is 2. The molecule has 0 spiro atoms. The maximum Gasteiger partial charge on any atom is 0.224 e. The van der Waals surface area contributed by atoms with Crippen LogP contribution in [0.1, 0.15) is 35.4 Å². The van der Waals surface area contributed by atoms with E-state index in [1.54, 1.807) is 6.07 Å². The second-order valence-electron chi connectivity index (χ2n) is 6.76. The monoisotopic (exact) mass is 345 g/mol. The summed E-state index contributed by atoms with van der Waals surface area (Å²) in [5.41, 5.74) is 3.58. The van der Waals surface area contributed by atoms with Crippen LogP contribution in [0.5, 0.6) is 0 Å². The molecule has 1 aromatic heterocycles. The Bertz CT molecular complexity index is 753. The van der Waals surface area contributed by atoms with Crippen LogP contribution in [0.2, 0.25) is 0 Å². The number of nitrogens with one attached hydrogen (secondary N) is 1. The summed E-state index contributed by atoms with van der Waals surface area (Å²) in [5.74, 6) is 0.458. The van der Waals surface area contributed by atoms with Gasteiger partial charge in [-0.25, -0.2) is 4.39 Å². The molecule has 1 fully saturated rings. The van der Waals surface area contributed by atoms with Crippen LogP contribution in [0.3, 0.4) is 0 Å². The summed E-state index contributed by atoms with van der Waals surface area (Å²) < 4.78 is 18.4. The van der Waals surface area contributed by atoms with Gasteiger partial charge in [0.25, 0.3) is 0 Å². The van der Waals surface area contributed by atoms with E-state index in [4.69, 9.17) is 4.52 Å². The van der Waals surface area contributed by atoms with Crippen LogP contribution in [0, 0.1) is 26.6 Å². The Morgan fingerprint density at radius 3 is 2.88 bits per heavy atom. The lowest BCUT2D eigenvalue weighted by Crippen LogP contribution is -2.48. The third-order valence-corrected chi connectivity index (χ3v) is 4.80. The molecule has 0 unspecified atom stereocenters. The zero-order valence-electron chi connectivity index (χ0n) is 14.9. The van der Waals surface area contributed by atoms with Gasteiger partial charge in [0.15, 0.2) is 0 Å². The van der Waals surface area contributed by atoms with E-state index in [1.807, 2.05) is 26.8 Å². The van der Waals surface area contributed by atoms with Gasteiger partial charge in [0, 0.05) is 30.4 Å². The lowest BCUT2D eigenvalue weighted by Gasteiger charge is -2.35. The fourth-order valence-corrected chi connectivity index (χ4v) is 3.48. The van der Waals surface area contributed by atoms with E-state index >= 15 is 0 Å². The van der Waals surface area contributed by atoms with Gasteiger partial charge in [-0.15, -0.1) is 0 Å². The highest BCUT2D eigenvalue weighted by atomic mass is 19.1. The van der Waals surface area contributed by atoms with Gasteiger partial charge in [-0.2, -0.15) is 0 Å². The fraction of sp³-hybridized carbons (Fsp3) is 0.474. The van der Waals surface area contributed by atoms with Crippen molar-refractivity contribution in [3.63, 3.8) is 0 Å². The van der Waals surface area contributed by atoms with Crippen molar-refractivity contribution in [2.45, 2.75) is 46.1 Å². The molecule has 2 heterocycles. The second kappa shape index (κ2) is 7.25. The van der Waals surface area contributed by atoms with Gasteiger partial charge in [0.1, 0.15) is 11.6 Å². The SMILES string of the molecule is Cc1cc(F)ccc1N1CCC[C@@H](NC(=O)Cc2c(C)noc2C)C1. The number of hydrogen-bond acceptors (Lipinski definition) is 4. The van der Waals surface area contributed by atoms with Crippen LogP contribution < -0.4 is 10.2 Å². The molecule has 1 atom stereocenters. The number of aryl methyl sites for hydroxylation is 3. The van der Waals surface area contributed by atoms with Crippen LogP contribution in [0.25, 0.3) is 0 Å². The van der Waals surface area contributed by atoms with E-state index in [0.717, 1.165) is 48.4 Å².